The van der Waals surface area contributed by atoms with Gasteiger partial charge in [0.15, 0.2) is 0 Å². The summed E-state index contributed by atoms with van der Waals surface area (Å²) >= 11 is 0. The number of para-hydroxylation sites is 1. The molecule has 1 aliphatic heterocycles. The molecule has 0 aliphatic carbocycles. The van der Waals surface area contributed by atoms with Gasteiger partial charge in [-0.25, -0.2) is 4.39 Å². The summed E-state index contributed by atoms with van der Waals surface area (Å²) in [6.45, 7) is 22.1. The molecule has 46 heavy (non-hydrogen) atoms. The molecule has 4 rings (SSSR count). The molecule has 1 atom stereocenters. The lowest BCUT2D eigenvalue weighted by molar-refractivity contribution is 0.0724. The second-order valence-electron chi connectivity index (χ2n) is 13.4. The zero-order valence-electron chi connectivity index (χ0n) is 29.6. The highest BCUT2D eigenvalue weighted by molar-refractivity contribution is 5.98. The number of methoxy groups -OCH3 is 1. The molecule has 0 bridgehead atoms. The van der Waals surface area contributed by atoms with E-state index >= 15 is 0 Å². The number of amides is 1. The van der Waals surface area contributed by atoms with E-state index in [1.807, 2.05) is 59.0 Å². The molecule has 7 nitrogen and oxygen atoms in total. The summed E-state index contributed by atoms with van der Waals surface area (Å²) in [4.78, 5) is 21.6. The summed E-state index contributed by atoms with van der Waals surface area (Å²) in [5.41, 5.74) is 14.6. The van der Waals surface area contributed by atoms with Gasteiger partial charge in [-0.05, 0) is 74.9 Å². The molecule has 0 fully saturated rings. The molecule has 250 valence electrons. The van der Waals surface area contributed by atoms with E-state index in [-0.39, 0.29) is 12.5 Å². The van der Waals surface area contributed by atoms with Crippen LogP contribution >= 0.6 is 0 Å². The van der Waals surface area contributed by atoms with Gasteiger partial charge in [0.05, 0.1) is 36.6 Å². The maximum atomic E-state index is 13.1. The fourth-order valence-corrected chi connectivity index (χ4v) is 5.35. The highest BCUT2D eigenvalue weighted by Gasteiger charge is 2.28. The number of hydrogen-bond donors (Lipinski definition) is 1. The molecule has 8 heteroatoms. The molecule has 3 aromatic rings. The Labute approximate surface area is 275 Å². The standard InChI is InChI=1S/C32H40FN5O2.C6H14/c1-8-21(3)35-22(4)18-38-29(16-25-10-9-11-30(40-7)31(25)38)23(5)36(6)28-15-24-12-13-37(19-26(34)17-33)32(39)27(24)14-20(28)2;1-5-6(2,3)4/h8-11,14-16,26H,5,12-13,17-19,34H2,1-4,6-7H3;5H2,1-4H3/b21-8-,35-22?;. The molecule has 0 radical (unpaired) electrons. The Kier molecular flexibility index (Phi) is 12.4. The summed E-state index contributed by atoms with van der Waals surface area (Å²) in [7, 11) is 3.68. The number of aromatic nitrogens is 1. The lowest BCUT2D eigenvalue weighted by Crippen LogP contribution is -2.45. The fraction of sp³-hybridized carbons (Fsp3) is 0.474. The number of allylic oxidation sites excluding steroid dienone is 2. The molecule has 0 spiro atoms. The Balaban J connectivity index is 0.000000875. The van der Waals surface area contributed by atoms with E-state index in [9.17, 15) is 9.18 Å². The van der Waals surface area contributed by atoms with Crippen LogP contribution in [-0.4, -0.2) is 61.0 Å². The Morgan fingerprint density at radius 3 is 2.50 bits per heavy atom. The fourth-order valence-electron chi connectivity index (χ4n) is 5.35. The third kappa shape index (κ3) is 8.66. The van der Waals surface area contributed by atoms with E-state index in [4.69, 9.17) is 15.5 Å². The van der Waals surface area contributed by atoms with Crippen LogP contribution in [0.25, 0.3) is 16.6 Å². The van der Waals surface area contributed by atoms with Crippen molar-refractivity contribution in [2.24, 2.45) is 16.1 Å². The summed E-state index contributed by atoms with van der Waals surface area (Å²) in [5.74, 6) is 0.690. The minimum Gasteiger partial charge on any atom is -0.495 e. The van der Waals surface area contributed by atoms with Crippen LogP contribution in [0.5, 0.6) is 5.75 Å². The van der Waals surface area contributed by atoms with Gasteiger partial charge in [-0.2, -0.15) is 0 Å². The molecule has 0 saturated heterocycles. The lowest BCUT2D eigenvalue weighted by atomic mass is 9.94. The number of halogens is 1. The van der Waals surface area contributed by atoms with Gasteiger partial charge in [0.1, 0.15) is 12.4 Å². The van der Waals surface area contributed by atoms with Crippen molar-refractivity contribution >= 4 is 33.9 Å². The summed E-state index contributed by atoms with van der Waals surface area (Å²) in [5, 5.41) is 1.05. The third-order valence-electron chi connectivity index (χ3n) is 8.64. The van der Waals surface area contributed by atoms with Crippen LogP contribution in [0.3, 0.4) is 0 Å². The van der Waals surface area contributed by atoms with Crippen molar-refractivity contribution in [3.63, 3.8) is 0 Å². The molecule has 2 N–H and O–H groups in total. The van der Waals surface area contributed by atoms with Crippen LogP contribution in [0.15, 0.2) is 59.7 Å². The number of ether oxygens (including phenoxy) is 1. The van der Waals surface area contributed by atoms with E-state index in [0.717, 1.165) is 56.3 Å². The van der Waals surface area contributed by atoms with Crippen molar-refractivity contribution in [2.45, 2.75) is 80.8 Å². The molecule has 1 aliphatic rings. The average molecular weight is 632 g/mol. The van der Waals surface area contributed by atoms with Crippen LogP contribution in [0, 0.1) is 12.3 Å². The SMILES string of the molecule is C=C(c1cc2cccc(OC)c2n1CC(C)=N/C(C)=C\C)N(C)c1cc2c(cc1C)C(=O)N(CC(N)CF)CC2.CCC(C)(C)C. The first kappa shape index (κ1) is 36.6. The van der Waals surface area contributed by atoms with Crippen molar-refractivity contribution in [2.75, 3.05) is 38.8 Å². The van der Waals surface area contributed by atoms with Gasteiger partial charge in [-0.3, -0.25) is 9.79 Å². The topological polar surface area (TPSA) is 76.1 Å². The predicted molar refractivity (Wildman–Crippen MR) is 193 cm³/mol. The van der Waals surface area contributed by atoms with Crippen LogP contribution in [-0.2, 0) is 13.0 Å². The largest absolute Gasteiger partial charge is 0.495 e. The predicted octanol–water partition coefficient (Wildman–Crippen LogP) is 8.19. The molecule has 1 aromatic heterocycles. The molecule has 2 heterocycles. The Hall–Kier alpha value is -3.91. The number of carbonyl (C=O) groups excluding carboxylic acids is 1. The molecular formula is C38H54FN5O2. The van der Waals surface area contributed by atoms with Crippen LogP contribution in [0.2, 0.25) is 0 Å². The van der Waals surface area contributed by atoms with E-state index in [1.54, 1.807) is 12.0 Å². The molecule has 0 saturated carbocycles. The number of benzene rings is 2. The molecule has 1 amide bonds. The van der Waals surface area contributed by atoms with Crippen molar-refractivity contribution in [1.29, 1.82) is 0 Å². The molecule has 2 aromatic carbocycles. The van der Waals surface area contributed by atoms with E-state index in [0.29, 0.717) is 30.5 Å². The Bertz CT molecular complexity index is 1610. The number of rotatable bonds is 10. The maximum Gasteiger partial charge on any atom is 0.254 e. The number of nitrogens with two attached hydrogens (primary N) is 1. The van der Waals surface area contributed by atoms with E-state index in [1.165, 1.54) is 6.42 Å². The number of aliphatic imine (C=N–C) groups is 1. The van der Waals surface area contributed by atoms with Crippen LogP contribution in [0.1, 0.15) is 82.1 Å². The van der Waals surface area contributed by atoms with Crippen LogP contribution in [0.4, 0.5) is 10.1 Å². The number of anilines is 1. The number of hydrogen-bond acceptors (Lipinski definition) is 5. The summed E-state index contributed by atoms with van der Waals surface area (Å²) < 4.78 is 20.9. The van der Waals surface area contributed by atoms with E-state index < -0.39 is 12.7 Å². The number of alkyl halides is 1. The second-order valence-corrected chi connectivity index (χ2v) is 13.4. The zero-order chi connectivity index (χ0) is 34.3. The summed E-state index contributed by atoms with van der Waals surface area (Å²) in [6.07, 6.45) is 3.95. The number of carbonyl (C=O) groups is 1. The lowest BCUT2D eigenvalue weighted by Gasteiger charge is -2.32. The molecular weight excluding hydrogens is 577 g/mol. The highest BCUT2D eigenvalue weighted by atomic mass is 19.1. The van der Waals surface area contributed by atoms with Crippen molar-refractivity contribution in [1.82, 2.24) is 9.47 Å². The Morgan fingerprint density at radius 1 is 1.24 bits per heavy atom. The van der Waals surface area contributed by atoms with Gasteiger partial charge in [-0.1, -0.05) is 58.9 Å². The maximum absolute atomic E-state index is 13.1. The first-order valence-electron chi connectivity index (χ1n) is 16.2. The van der Waals surface area contributed by atoms with Crippen molar-refractivity contribution < 1.29 is 13.9 Å². The van der Waals surface area contributed by atoms with Crippen molar-refractivity contribution in [3.8, 4) is 5.75 Å². The summed E-state index contributed by atoms with van der Waals surface area (Å²) in [6, 6.07) is 11.5. The number of fused-ring (bicyclic) bond motifs is 2. The van der Waals surface area contributed by atoms with Gasteiger partial charge in [0.25, 0.3) is 5.91 Å². The zero-order valence-corrected chi connectivity index (χ0v) is 29.6. The quantitative estimate of drug-likeness (QED) is 0.229. The normalized spacial score (nSPS) is 14.5. The van der Waals surface area contributed by atoms with Gasteiger partial charge in [0.2, 0.25) is 0 Å². The first-order chi connectivity index (χ1) is 21.6. The average Bonchev–Trinajstić information content (AvgIpc) is 3.39. The second kappa shape index (κ2) is 15.6. The third-order valence-corrected chi connectivity index (χ3v) is 8.64. The smallest absolute Gasteiger partial charge is 0.254 e. The molecule has 1 unspecified atom stereocenters. The minimum absolute atomic E-state index is 0.0975. The van der Waals surface area contributed by atoms with Gasteiger partial charge < -0.3 is 24.8 Å². The van der Waals surface area contributed by atoms with Gasteiger partial charge >= 0.3 is 0 Å². The highest BCUT2D eigenvalue weighted by Crippen LogP contribution is 2.36. The number of aryl methyl sites for hydroxylation is 1. The number of nitrogens with zero attached hydrogens (tertiary/aromatic N) is 4. The first-order valence-corrected chi connectivity index (χ1v) is 16.2. The van der Waals surface area contributed by atoms with Gasteiger partial charge in [0, 0.05) is 48.2 Å². The van der Waals surface area contributed by atoms with Crippen LogP contribution < -0.4 is 15.4 Å². The monoisotopic (exact) mass is 631 g/mol. The van der Waals surface area contributed by atoms with Gasteiger partial charge in [-0.15, -0.1) is 0 Å². The van der Waals surface area contributed by atoms with E-state index in [2.05, 4.69) is 61.9 Å². The minimum atomic E-state index is -0.665. The Morgan fingerprint density at radius 2 is 1.91 bits per heavy atom. The van der Waals surface area contributed by atoms with Crippen molar-refractivity contribution in [3.05, 3.63) is 77.1 Å².